The van der Waals surface area contributed by atoms with Crippen molar-refractivity contribution in [1.82, 2.24) is 10.2 Å². The maximum Gasteiger partial charge on any atom is 0.325 e. The van der Waals surface area contributed by atoms with Gasteiger partial charge in [-0.1, -0.05) is 30.3 Å². The Balaban J connectivity index is 1.87. The fraction of sp³-hybridized carbons (Fsp3) is 0.167. The molecule has 1 heterocycles. The van der Waals surface area contributed by atoms with Gasteiger partial charge >= 0.3 is 6.03 Å². The number of carbonyl (C=O) groups excluding carboxylic acids is 3. The molecule has 0 bridgehead atoms. The van der Waals surface area contributed by atoms with Gasteiger partial charge in [-0.3, -0.25) is 14.5 Å². The predicted octanol–water partition coefficient (Wildman–Crippen LogP) is 1.89. The fourth-order valence-corrected chi connectivity index (χ4v) is 2.85. The van der Waals surface area contributed by atoms with Gasteiger partial charge in [-0.05, 0) is 30.7 Å². The average Bonchev–Trinajstić information content (AvgIpc) is 2.80. The molecule has 2 aromatic rings. The van der Waals surface area contributed by atoms with Gasteiger partial charge in [0.1, 0.15) is 11.4 Å². The first kappa shape index (κ1) is 16.6. The standard InChI is InChI=1S/C18H16FN3O3/c1-18(13-4-2-3-5-14(13)19)16(24)22(17(25)21-18)10-11-6-8-12(9-7-11)15(20)23/h2-9H,10H2,1H3,(H2,20,23)(H,21,25)/t18-/m0/s1. The van der Waals surface area contributed by atoms with E-state index in [2.05, 4.69) is 5.32 Å². The van der Waals surface area contributed by atoms with E-state index in [9.17, 15) is 18.8 Å². The van der Waals surface area contributed by atoms with Crippen LogP contribution in [0.25, 0.3) is 0 Å². The Kier molecular flexibility index (Phi) is 4.00. The number of nitrogens with two attached hydrogens (primary N) is 1. The van der Waals surface area contributed by atoms with E-state index in [1.54, 1.807) is 18.2 Å². The molecule has 1 fully saturated rings. The Bertz CT molecular complexity index is 866. The summed E-state index contributed by atoms with van der Waals surface area (Å²) in [7, 11) is 0. The largest absolute Gasteiger partial charge is 0.366 e. The number of urea groups is 1. The molecule has 0 saturated carbocycles. The zero-order valence-corrected chi connectivity index (χ0v) is 13.5. The molecular formula is C18H16FN3O3. The van der Waals surface area contributed by atoms with E-state index in [-0.39, 0.29) is 12.1 Å². The molecule has 128 valence electrons. The summed E-state index contributed by atoms with van der Waals surface area (Å²) in [6, 6.07) is 11.5. The van der Waals surface area contributed by atoms with Gasteiger partial charge in [0.05, 0.1) is 6.54 Å². The Hall–Kier alpha value is -3.22. The van der Waals surface area contributed by atoms with Gasteiger partial charge in [0.25, 0.3) is 5.91 Å². The third kappa shape index (κ3) is 2.84. The fourth-order valence-electron chi connectivity index (χ4n) is 2.85. The van der Waals surface area contributed by atoms with Crippen LogP contribution in [0.1, 0.15) is 28.4 Å². The van der Waals surface area contributed by atoms with Gasteiger partial charge in [-0.15, -0.1) is 0 Å². The molecule has 2 aromatic carbocycles. The molecular weight excluding hydrogens is 325 g/mol. The van der Waals surface area contributed by atoms with Crippen LogP contribution in [0.3, 0.4) is 0 Å². The molecule has 7 heteroatoms. The van der Waals surface area contributed by atoms with Crippen molar-refractivity contribution >= 4 is 17.8 Å². The number of halogens is 1. The third-order valence-corrected chi connectivity index (χ3v) is 4.27. The summed E-state index contributed by atoms with van der Waals surface area (Å²) in [5, 5.41) is 2.56. The number of nitrogens with zero attached hydrogens (tertiary/aromatic N) is 1. The van der Waals surface area contributed by atoms with Crippen molar-refractivity contribution in [1.29, 1.82) is 0 Å². The SMILES string of the molecule is C[C@@]1(c2ccccc2F)NC(=O)N(Cc2ccc(C(N)=O)cc2)C1=O. The van der Waals surface area contributed by atoms with Gasteiger partial charge in [0.15, 0.2) is 0 Å². The second-order valence-electron chi connectivity index (χ2n) is 5.99. The number of primary amides is 1. The first-order chi connectivity index (χ1) is 11.8. The maximum atomic E-state index is 14.1. The first-order valence-electron chi connectivity index (χ1n) is 7.61. The molecule has 4 amide bonds. The minimum atomic E-state index is -1.46. The van der Waals surface area contributed by atoms with Crippen LogP contribution in [0, 0.1) is 5.82 Å². The Morgan fingerprint density at radius 2 is 1.80 bits per heavy atom. The monoisotopic (exact) mass is 341 g/mol. The quantitative estimate of drug-likeness (QED) is 0.832. The zero-order valence-electron chi connectivity index (χ0n) is 13.5. The molecule has 1 aliphatic heterocycles. The lowest BCUT2D eigenvalue weighted by Gasteiger charge is -2.22. The summed E-state index contributed by atoms with van der Waals surface area (Å²) >= 11 is 0. The van der Waals surface area contributed by atoms with E-state index in [4.69, 9.17) is 5.73 Å². The van der Waals surface area contributed by atoms with Crippen molar-refractivity contribution in [3.05, 3.63) is 71.0 Å². The van der Waals surface area contributed by atoms with Crippen molar-refractivity contribution < 1.29 is 18.8 Å². The molecule has 25 heavy (non-hydrogen) atoms. The van der Waals surface area contributed by atoms with E-state index in [1.807, 2.05) is 0 Å². The van der Waals surface area contributed by atoms with Crippen LogP contribution < -0.4 is 11.1 Å². The Labute approximate surface area is 143 Å². The second-order valence-corrected chi connectivity index (χ2v) is 5.99. The molecule has 3 rings (SSSR count). The molecule has 0 aliphatic carbocycles. The lowest BCUT2D eigenvalue weighted by atomic mass is 9.91. The number of nitrogens with one attached hydrogen (secondary N) is 1. The number of amides is 4. The normalized spacial score (nSPS) is 19.8. The highest BCUT2D eigenvalue weighted by Gasteiger charge is 2.50. The van der Waals surface area contributed by atoms with E-state index >= 15 is 0 Å². The number of benzene rings is 2. The maximum absolute atomic E-state index is 14.1. The van der Waals surface area contributed by atoms with E-state index in [0.29, 0.717) is 11.1 Å². The molecule has 6 nitrogen and oxygen atoms in total. The van der Waals surface area contributed by atoms with Crippen LogP contribution in [-0.2, 0) is 16.9 Å². The number of hydrogen-bond acceptors (Lipinski definition) is 3. The van der Waals surface area contributed by atoms with Gasteiger partial charge in [0, 0.05) is 11.1 Å². The van der Waals surface area contributed by atoms with E-state index < -0.39 is 29.2 Å². The highest BCUT2D eigenvalue weighted by Crippen LogP contribution is 2.31. The summed E-state index contributed by atoms with van der Waals surface area (Å²) in [6.45, 7) is 1.48. The van der Waals surface area contributed by atoms with Gasteiger partial charge in [-0.2, -0.15) is 0 Å². The first-order valence-corrected chi connectivity index (χ1v) is 7.61. The molecule has 0 radical (unpaired) electrons. The van der Waals surface area contributed by atoms with Crippen molar-refractivity contribution in [3.63, 3.8) is 0 Å². The van der Waals surface area contributed by atoms with Crippen LogP contribution in [0.5, 0.6) is 0 Å². The average molecular weight is 341 g/mol. The molecule has 1 aliphatic rings. The smallest absolute Gasteiger partial charge is 0.325 e. The van der Waals surface area contributed by atoms with E-state index in [1.165, 1.54) is 37.3 Å². The summed E-state index contributed by atoms with van der Waals surface area (Å²) in [5.74, 6) is -1.67. The summed E-state index contributed by atoms with van der Waals surface area (Å²) < 4.78 is 14.1. The van der Waals surface area contributed by atoms with Crippen molar-refractivity contribution in [2.45, 2.75) is 19.0 Å². The lowest BCUT2D eigenvalue weighted by molar-refractivity contribution is -0.131. The minimum absolute atomic E-state index is 0.00769. The van der Waals surface area contributed by atoms with E-state index in [0.717, 1.165) is 4.90 Å². The molecule has 0 spiro atoms. The molecule has 0 aromatic heterocycles. The topological polar surface area (TPSA) is 92.5 Å². The summed E-state index contributed by atoms with van der Waals surface area (Å²) in [6.07, 6.45) is 0. The highest BCUT2D eigenvalue weighted by molar-refractivity contribution is 6.07. The number of hydrogen-bond donors (Lipinski definition) is 2. The third-order valence-electron chi connectivity index (χ3n) is 4.27. The van der Waals surface area contributed by atoms with Gasteiger partial charge in [0.2, 0.25) is 5.91 Å². The van der Waals surface area contributed by atoms with Gasteiger partial charge in [-0.25, -0.2) is 9.18 Å². The minimum Gasteiger partial charge on any atom is -0.366 e. The predicted molar refractivity (Wildman–Crippen MR) is 87.8 cm³/mol. The van der Waals surface area contributed by atoms with Crippen LogP contribution in [-0.4, -0.2) is 22.7 Å². The number of rotatable bonds is 4. The van der Waals surface area contributed by atoms with Crippen LogP contribution in [0.2, 0.25) is 0 Å². The van der Waals surface area contributed by atoms with Crippen molar-refractivity contribution in [3.8, 4) is 0 Å². The number of imide groups is 1. The van der Waals surface area contributed by atoms with Crippen LogP contribution >= 0.6 is 0 Å². The second kappa shape index (κ2) is 6.01. The Morgan fingerprint density at radius 3 is 2.40 bits per heavy atom. The van der Waals surface area contributed by atoms with Crippen molar-refractivity contribution in [2.24, 2.45) is 5.73 Å². The summed E-state index contributed by atoms with van der Waals surface area (Å²) in [4.78, 5) is 37.1. The molecule has 1 saturated heterocycles. The summed E-state index contributed by atoms with van der Waals surface area (Å²) in [5.41, 5.74) is 4.81. The highest BCUT2D eigenvalue weighted by atomic mass is 19.1. The zero-order chi connectivity index (χ0) is 18.2. The van der Waals surface area contributed by atoms with Crippen LogP contribution in [0.4, 0.5) is 9.18 Å². The van der Waals surface area contributed by atoms with Crippen LogP contribution in [0.15, 0.2) is 48.5 Å². The van der Waals surface area contributed by atoms with Gasteiger partial charge < -0.3 is 11.1 Å². The molecule has 1 atom stereocenters. The molecule has 3 N–H and O–H groups in total. The lowest BCUT2D eigenvalue weighted by Crippen LogP contribution is -2.41. The molecule has 0 unspecified atom stereocenters. The Morgan fingerprint density at radius 1 is 1.16 bits per heavy atom. The van der Waals surface area contributed by atoms with Crippen molar-refractivity contribution in [2.75, 3.05) is 0 Å². The number of carbonyl (C=O) groups is 3.